The number of nitrogens with one attached hydrogen (secondary N) is 1. The number of aromatic nitrogens is 4. The average molecular weight is 433 g/mol. The number of hydrogen-bond acceptors (Lipinski definition) is 4. The monoisotopic (exact) mass is 432 g/mol. The molecule has 4 heterocycles. The molecular weight excluding hydrogens is 396 g/mol. The van der Waals surface area contributed by atoms with Gasteiger partial charge in [0.25, 0.3) is 0 Å². The Bertz CT molecular complexity index is 1090. The summed E-state index contributed by atoms with van der Waals surface area (Å²) in [7, 11) is 4.23. The summed E-state index contributed by atoms with van der Waals surface area (Å²) >= 11 is 0. The van der Waals surface area contributed by atoms with Crippen molar-refractivity contribution in [2.24, 2.45) is 24.8 Å². The van der Waals surface area contributed by atoms with Gasteiger partial charge >= 0.3 is 0 Å². The maximum Gasteiger partial charge on any atom is 0.137 e. The lowest BCUT2D eigenvalue weighted by Gasteiger charge is -2.50. The minimum Gasteiger partial charge on any atom is -0.346 e. The molecule has 6 nitrogen and oxygen atoms in total. The third-order valence-corrected chi connectivity index (χ3v) is 8.83. The summed E-state index contributed by atoms with van der Waals surface area (Å²) in [5.41, 5.74) is 4.77. The van der Waals surface area contributed by atoms with E-state index >= 15 is 0 Å². The molecule has 0 radical (unpaired) electrons. The normalized spacial score (nSPS) is 31.9. The maximum atomic E-state index is 4.84. The van der Waals surface area contributed by atoms with E-state index in [-0.39, 0.29) is 0 Å². The van der Waals surface area contributed by atoms with Crippen LogP contribution in [0.1, 0.15) is 44.1 Å². The van der Waals surface area contributed by atoms with E-state index in [1.165, 1.54) is 68.4 Å². The molecular formula is C26H36N6. The Morgan fingerprint density at radius 1 is 1.00 bits per heavy atom. The zero-order valence-corrected chi connectivity index (χ0v) is 19.7. The Morgan fingerprint density at radius 2 is 1.84 bits per heavy atom. The van der Waals surface area contributed by atoms with Gasteiger partial charge in [-0.2, -0.15) is 5.10 Å². The van der Waals surface area contributed by atoms with Crippen LogP contribution in [0.3, 0.4) is 0 Å². The van der Waals surface area contributed by atoms with Gasteiger partial charge in [-0.25, -0.2) is 4.98 Å². The summed E-state index contributed by atoms with van der Waals surface area (Å²) in [6, 6.07) is 3.22. The van der Waals surface area contributed by atoms with Crippen LogP contribution in [0.4, 0.5) is 0 Å². The number of pyridine rings is 1. The molecule has 3 fully saturated rings. The summed E-state index contributed by atoms with van der Waals surface area (Å²) in [6.07, 6.45) is 13.8. The van der Waals surface area contributed by atoms with Crippen LogP contribution in [0.5, 0.6) is 0 Å². The van der Waals surface area contributed by atoms with Gasteiger partial charge < -0.3 is 9.88 Å². The summed E-state index contributed by atoms with van der Waals surface area (Å²) in [4.78, 5) is 13.5. The molecule has 6 rings (SSSR count). The quantitative estimate of drug-likeness (QED) is 0.676. The molecule has 3 aromatic rings. The zero-order chi connectivity index (χ0) is 21.8. The topological polar surface area (TPSA) is 53.0 Å². The van der Waals surface area contributed by atoms with E-state index in [4.69, 9.17) is 4.98 Å². The third kappa shape index (κ3) is 3.57. The van der Waals surface area contributed by atoms with Crippen molar-refractivity contribution in [2.75, 3.05) is 33.2 Å². The Labute approximate surface area is 191 Å². The number of likely N-dealkylation sites (N-methyl/N-ethyl adjacent to an activating group) is 1. The fraction of sp³-hybridized carbons (Fsp3) is 0.615. The molecule has 1 N–H and O–H groups in total. The van der Waals surface area contributed by atoms with E-state index in [2.05, 4.69) is 58.5 Å². The lowest BCUT2D eigenvalue weighted by Crippen LogP contribution is -2.52. The van der Waals surface area contributed by atoms with E-state index in [0.29, 0.717) is 5.92 Å². The largest absolute Gasteiger partial charge is 0.346 e. The fourth-order valence-corrected chi connectivity index (χ4v) is 6.92. The van der Waals surface area contributed by atoms with Gasteiger partial charge in [-0.05, 0) is 68.0 Å². The Balaban J connectivity index is 1.24. The Kier molecular flexibility index (Phi) is 5.10. The number of aromatic amines is 1. The van der Waals surface area contributed by atoms with Gasteiger partial charge in [0.15, 0.2) is 0 Å². The second-order valence-electron chi connectivity index (χ2n) is 10.8. The van der Waals surface area contributed by atoms with Crippen LogP contribution in [0.15, 0.2) is 30.9 Å². The Hall–Kier alpha value is -2.18. The highest BCUT2D eigenvalue weighted by atomic mass is 15.3. The van der Waals surface area contributed by atoms with Crippen LogP contribution in [-0.4, -0.2) is 68.8 Å². The van der Waals surface area contributed by atoms with Crippen molar-refractivity contribution in [2.45, 2.75) is 44.6 Å². The van der Waals surface area contributed by atoms with Gasteiger partial charge in [0.05, 0.1) is 6.20 Å². The maximum absolute atomic E-state index is 4.84. The van der Waals surface area contributed by atoms with Crippen molar-refractivity contribution in [1.82, 2.24) is 29.5 Å². The molecule has 170 valence electrons. The molecule has 2 bridgehead atoms. The van der Waals surface area contributed by atoms with Crippen molar-refractivity contribution in [3.63, 3.8) is 0 Å². The molecule has 0 spiro atoms. The lowest BCUT2D eigenvalue weighted by atomic mass is 9.60. The number of hydrogen-bond donors (Lipinski definition) is 1. The number of nitrogens with zero attached hydrogens (tertiary/aromatic N) is 5. The van der Waals surface area contributed by atoms with Crippen LogP contribution in [0.2, 0.25) is 0 Å². The smallest absolute Gasteiger partial charge is 0.137 e. The van der Waals surface area contributed by atoms with Crippen LogP contribution < -0.4 is 0 Å². The minimum absolute atomic E-state index is 0.626. The van der Waals surface area contributed by atoms with E-state index in [9.17, 15) is 0 Å². The van der Waals surface area contributed by atoms with Gasteiger partial charge in [-0.1, -0.05) is 6.92 Å². The SMILES string of the molecule is CC1C2CC(CC1c1cnc3[nH]cc(-c4cnn(C)c4)c3c1)CC(N1CCN(C)CC1)C2. The van der Waals surface area contributed by atoms with Gasteiger partial charge in [-0.3, -0.25) is 9.58 Å². The highest BCUT2D eigenvalue weighted by Gasteiger charge is 2.43. The van der Waals surface area contributed by atoms with Crippen LogP contribution >= 0.6 is 0 Å². The summed E-state index contributed by atoms with van der Waals surface area (Å²) in [6.45, 7) is 7.48. The first kappa shape index (κ1) is 20.4. The molecule has 0 aromatic carbocycles. The zero-order valence-electron chi connectivity index (χ0n) is 19.7. The fourth-order valence-electron chi connectivity index (χ4n) is 6.92. The van der Waals surface area contributed by atoms with Crippen LogP contribution in [0.25, 0.3) is 22.2 Å². The molecule has 2 aliphatic carbocycles. The van der Waals surface area contributed by atoms with E-state index in [1.807, 2.05) is 17.9 Å². The van der Waals surface area contributed by atoms with Crippen molar-refractivity contribution in [3.8, 4) is 11.1 Å². The molecule has 1 aliphatic heterocycles. The molecule has 3 aromatic heterocycles. The molecule has 2 saturated carbocycles. The molecule has 32 heavy (non-hydrogen) atoms. The lowest BCUT2D eigenvalue weighted by molar-refractivity contribution is 0.0163. The highest BCUT2D eigenvalue weighted by molar-refractivity contribution is 5.93. The predicted octanol–water partition coefficient (Wildman–Crippen LogP) is 4.12. The molecule has 1 saturated heterocycles. The van der Waals surface area contributed by atoms with Gasteiger partial charge in [0.2, 0.25) is 0 Å². The number of aryl methyl sites for hydroxylation is 1. The number of H-pyrrole nitrogens is 1. The van der Waals surface area contributed by atoms with Gasteiger partial charge in [-0.15, -0.1) is 0 Å². The minimum atomic E-state index is 0.626. The summed E-state index contributed by atoms with van der Waals surface area (Å²) in [5, 5.41) is 5.60. The number of fused-ring (bicyclic) bond motifs is 3. The van der Waals surface area contributed by atoms with Gasteiger partial charge in [0.1, 0.15) is 5.65 Å². The third-order valence-electron chi connectivity index (χ3n) is 8.83. The highest BCUT2D eigenvalue weighted by Crippen LogP contribution is 2.51. The molecule has 3 aliphatic rings. The second kappa shape index (κ2) is 7.99. The first-order valence-corrected chi connectivity index (χ1v) is 12.4. The molecule has 6 heteroatoms. The second-order valence-corrected chi connectivity index (χ2v) is 10.8. The van der Waals surface area contributed by atoms with Crippen molar-refractivity contribution < 1.29 is 0 Å². The summed E-state index contributed by atoms with van der Waals surface area (Å²) in [5.74, 6) is 3.05. The van der Waals surface area contributed by atoms with E-state index in [1.54, 1.807) is 0 Å². The van der Waals surface area contributed by atoms with Crippen molar-refractivity contribution >= 4 is 11.0 Å². The van der Waals surface area contributed by atoms with Crippen molar-refractivity contribution in [3.05, 3.63) is 36.4 Å². The number of piperazine rings is 1. The predicted molar refractivity (Wildman–Crippen MR) is 129 cm³/mol. The molecule has 5 atom stereocenters. The van der Waals surface area contributed by atoms with Crippen LogP contribution in [-0.2, 0) is 7.05 Å². The molecule has 5 unspecified atom stereocenters. The number of rotatable bonds is 3. The molecule has 0 amide bonds. The van der Waals surface area contributed by atoms with Crippen molar-refractivity contribution in [1.29, 1.82) is 0 Å². The van der Waals surface area contributed by atoms with E-state index < -0.39 is 0 Å². The summed E-state index contributed by atoms with van der Waals surface area (Å²) < 4.78 is 1.87. The standard InChI is InChI=1S/C26H36N6/c1-17-19-8-18(9-22(11-19)32-6-4-30(2)5-7-32)10-23(17)20-12-24-25(15-28-26(24)27-13-20)21-14-29-31(3)16-21/h12-19,22-23H,4-11H2,1-3H3,(H,27,28). The average Bonchev–Trinajstić information content (AvgIpc) is 3.42. The first-order valence-electron chi connectivity index (χ1n) is 12.4. The first-order chi connectivity index (χ1) is 15.5. The van der Waals surface area contributed by atoms with Gasteiger partial charge in [0, 0.05) is 74.4 Å². The Morgan fingerprint density at radius 3 is 2.62 bits per heavy atom. The van der Waals surface area contributed by atoms with Crippen LogP contribution in [0, 0.1) is 17.8 Å². The van der Waals surface area contributed by atoms with E-state index in [0.717, 1.165) is 35.0 Å².